The largest absolute Gasteiger partial charge is 0.271 e. The zero-order valence-electron chi connectivity index (χ0n) is 12.3. The van der Waals surface area contributed by atoms with Crippen molar-refractivity contribution in [3.8, 4) is 0 Å². The van der Waals surface area contributed by atoms with Gasteiger partial charge in [0.25, 0.3) is 0 Å². The fourth-order valence-corrected chi connectivity index (χ4v) is 4.55. The summed E-state index contributed by atoms with van der Waals surface area (Å²) in [6, 6.07) is 2.49. The van der Waals surface area contributed by atoms with Crippen LogP contribution in [0.15, 0.2) is 17.6 Å². The Hall–Kier alpha value is -0.880. The summed E-state index contributed by atoms with van der Waals surface area (Å²) in [4.78, 5) is 1.48. The fraction of sp³-hybridized carbons (Fsp3) is 0.533. The van der Waals surface area contributed by atoms with Crippen molar-refractivity contribution in [1.82, 2.24) is 15.2 Å². The molecule has 114 valence electrons. The summed E-state index contributed by atoms with van der Waals surface area (Å²) in [5.41, 5.74) is 5.42. The third kappa shape index (κ3) is 2.63. The van der Waals surface area contributed by atoms with Crippen molar-refractivity contribution in [1.29, 1.82) is 0 Å². The van der Waals surface area contributed by atoms with Crippen LogP contribution in [-0.2, 0) is 6.42 Å². The van der Waals surface area contributed by atoms with E-state index in [2.05, 4.69) is 35.8 Å². The van der Waals surface area contributed by atoms with Gasteiger partial charge in [-0.1, -0.05) is 11.6 Å². The third-order valence-electron chi connectivity index (χ3n) is 4.25. The van der Waals surface area contributed by atoms with Gasteiger partial charge in [-0.25, -0.2) is 0 Å². The first kappa shape index (κ1) is 15.0. The highest BCUT2D eigenvalue weighted by Crippen LogP contribution is 2.43. The molecule has 1 aliphatic carbocycles. The Kier molecular flexibility index (Phi) is 4.36. The number of fused-ring (bicyclic) bond motifs is 1. The van der Waals surface area contributed by atoms with Crippen molar-refractivity contribution >= 4 is 22.9 Å². The van der Waals surface area contributed by atoms with E-state index in [9.17, 15) is 0 Å². The molecule has 2 atom stereocenters. The molecule has 0 bridgehead atoms. The van der Waals surface area contributed by atoms with Crippen molar-refractivity contribution in [2.45, 2.75) is 51.1 Å². The molecule has 3 rings (SSSR count). The van der Waals surface area contributed by atoms with E-state index in [1.54, 1.807) is 6.20 Å². The number of nitrogens with two attached hydrogens (primary N) is 1. The highest BCUT2D eigenvalue weighted by atomic mass is 35.5. The Balaban J connectivity index is 2.03. The van der Waals surface area contributed by atoms with Gasteiger partial charge >= 0.3 is 0 Å². The third-order valence-corrected chi connectivity index (χ3v) is 5.54. The number of hydrazine groups is 1. The van der Waals surface area contributed by atoms with E-state index in [-0.39, 0.29) is 12.1 Å². The fourth-order valence-electron chi connectivity index (χ4n) is 3.31. The number of hydrogen-bond acceptors (Lipinski definition) is 4. The van der Waals surface area contributed by atoms with Crippen LogP contribution in [0.3, 0.4) is 0 Å². The van der Waals surface area contributed by atoms with Gasteiger partial charge < -0.3 is 0 Å². The van der Waals surface area contributed by atoms with Crippen LogP contribution in [0, 0.1) is 0 Å². The highest BCUT2D eigenvalue weighted by Gasteiger charge is 2.33. The lowest BCUT2D eigenvalue weighted by Gasteiger charge is -2.31. The minimum Gasteiger partial charge on any atom is -0.271 e. The summed E-state index contributed by atoms with van der Waals surface area (Å²) < 4.78 is 1.98. The maximum absolute atomic E-state index is 6.41. The van der Waals surface area contributed by atoms with Gasteiger partial charge in [0.05, 0.1) is 23.0 Å². The van der Waals surface area contributed by atoms with Gasteiger partial charge in [0.15, 0.2) is 0 Å². The molecule has 0 saturated carbocycles. The molecule has 2 unspecified atom stereocenters. The number of rotatable bonds is 4. The van der Waals surface area contributed by atoms with E-state index in [1.807, 2.05) is 16.0 Å². The van der Waals surface area contributed by atoms with Crippen LogP contribution in [0.1, 0.15) is 60.8 Å². The Morgan fingerprint density at radius 1 is 1.52 bits per heavy atom. The molecule has 0 radical (unpaired) electrons. The molecule has 6 heteroatoms. The van der Waals surface area contributed by atoms with Gasteiger partial charge in [0.1, 0.15) is 0 Å². The van der Waals surface area contributed by atoms with E-state index in [0.717, 1.165) is 12.1 Å². The van der Waals surface area contributed by atoms with E-state index in [0.29, 0.717) is 10.9 Å². The molecule has 2 heterocycles. The lowest BCUT2D eigenvalue weighted by atomic mass is 9.81. The lowest BCUT2D eigenvalue weighted by Crippen LogP contribution is -2.35. The molecule has 0 fully saturated rings. The zero-order chi connectivity index (χ0) is 15.0. The molecule has 0 saturated heterocycles. The molecule has 0 amide bonds. The topological polar surface area (TPSA) is 55.9 Å². The standard InChI is InChI=1S/C15H21ClN4S/c1-9(2)20-15(12(16)8-18-20)14(19-17)11-4-3-5-13-10(11)6-7-21-13/h6-9,11,14,19H,3-5,17H2,1-2H3. The second-order valence-electron chi connectivity index (χ2n) is 5.86. The van der Waals surface area contributed by atoms with Crippen molar-refractivity contribution in [2.75, 3.05) is 0 Å². The summed E-state index contributed by atoms with van der Waals surface area (Å²) in [6.45, 7) is 4.22. The minimum absolute atomic E-state index is 0.00366. The van der Waals surface area contributed by atoms with Gasteiger partial charge in [-0.05, 0) is 50.1 Å². The van der Waals surface area contributed by atoms with Crippen molar-refractivity contribution in [2.24, 2.45) is 5.84 Å². The van der Waals surface area contributed by atoms with Gasteiger partial charge in [-0.2, -0.15) is 5.10 Å². The molecular weight excluding hydrogens is 304 g/mol. The number of hydrogen-bond donors (Lipinski definition) is 2. The lowest BCUT2D eigenvalue weighted by molar-refractivity contribution is 0.373. The predicted molar refractivity (Wildman–Crippen MR) is 87.7 cm³/mol. The van der Waals surface area contributed by atoms with Crippen LogP contribution in [0.25, 0.3) is 0 Å². The molecule has 2 aromatic rings. The Labute approximate surface area is 134 Å². The normalized spacial score (nSPS) is 19.8. The van der Waals surface area contributed by atoms with Crippen LogP contribution in [-0.4, -0.2) is 9.78 Å². The van der Waals surface area contributed by atoms with Gasteiger partial charge in [0.2, 0.25) is 0 Å². The summed E-state index contributed by atoms with van der Waals surface area (Å²) in [6.07, 6.45) is 5.22. The van der Waals surface area contributed by atoms with E-state index in [4.69, 9.17) is 17.4 Å². The first-order valence-electron chi connectivity index (χ1n) is 7.38. The molecule has 0 aromatic carbocycles. The van der Waals surface area contributed by atoms with Crippen LogP contribution >= 0.6 is 22.9 Å². The van der Waals surface area contributed by atoms with Crippen LogP contribution < -0.4 is 11.3 Å². The summed E-state index contributed by atoms with van der Waals surface area (Å²) in [5, 5.41) is 7.28. The number of nitrogens with zero attached hydrogens (tertiary/aromatic N) is 2. The van der Waals surface area contributed by atoms with Crippen LogP contribution in [0.5, 0.6) is 0 Å². The zero-order valence-corrected chi connectivity index (χ0v) is 13.9. The van der Waals surface area contributed by atoms with Crippen molar-refractivity contribution in [3.05, 3.63) is 38.8 Å². The van der Waals surface area contributed by atoms with Gasteiger partial charge in [0, 0.05) is 16.8 Å². The number of aryl methyl sites for hydroxylation is 1. The van der Waals surface area contributed by atoms with Gasteiger partial charge in [-0.3, -0.25) is 16.0 Å². The molecular formula is C15H21ClN4S. The molecule has 0 spiro atoms. The predicted octanol–water partition coefficient (Wildman–Crippen LogP) is 3.80. The maximum atomic E-state index is 6.41. The average molecular weight is 325 g/mol. The number of thiophene rings is 1. The SMILES string of the molecule is CC(C)n1ncc(Cl)c1C(NN)C1CCCc2sccc21. The second-order valence-corrected chi connectivity index (χ2v) is 7.27. The van der Waals surface area contributed by atoms with E-state index in [1.165, 1.54) is 23.3 Å². The maximum Gasteiger partial charge on any atom is 0.0835 e. The number of halogens is 1. The Bertz CT molecular complexity index is 619. The molecule has 1 aliphatic rings. The summed E-state index contributed by atoms with van der Waals surface area (Å²) in [7, 11) is 0. The van der Waals surface area contributed by atoms with E-state index < -0.39 is 0 Å². The molecule has 2 aromatic heterocycles. The smallest absolute Gasteiger partial charge is 0.0835 e. The van der Waals surface area contributed by atoms with Crippen LogP contribution in [0.4, 0.5) is 0 Å². The monoisotopic (exact) mass is 324 g/mol. The molecule has 4 nitrogen and oxygen atoms in total. The Morgan fingerprint density at radius 2 is 2.33 bits per heavy atom. The molecule has 0 aliphatic heterocycles. The van der Waals surface area contributed by atoms with Gasteiger partial charge in [-0.15, -0.1) is 11.3 Å². The van der Waals surface area contributed by atoms with Crippen LogP contribution in [0.2, 0.25) is 5.02 Å². The summed E-state index contributed by atoms with van der Waals surface area (Å²) >= 11 is 8.25. The first-order valence-corrected chi connectivity index (χ1v) is 8.64. The highest BCUT2D eigenvalue weighted by molar-refractivity contribution is 7.10. The first-order chi connectivity index (χ1) is 10.1. The quantitative estimate of drug-likeness (QED) is 0.664. The van der Waals surface area contributed by atoms with E-state index >= 15 is 0 Å². The average Bonchev–Trinajstić information content (AvgIpc) is 3.07. The number of aromatic nitrogens is 2. The summed E-state index contributed by atoms with van der Waals surface area (Å²) in [5.74, 6) is 6.27. The van der Waals surface area contributed by atoms with Crippen molar-refractivity contribution in [3.63, 3.8) is 0 Å². The minimum atomic E-state index is -0.00366. The molecule has 21 heavy (non-hydrogen) atoms. The number of nitrogens with one attached hydrogen (secondary N) is 1. The van der Waals surface area contributed by atoms with Crippen molar-refractivity contribution < 1.29 is 0 Å². The molecule has 3 N–H and O–H groups in total. The Morgan fingerprint density at radius 3 is 3.05 bits per heavy atom. The second kappa shape index (κ2) is 6.08.